The quantitative estimate of drug-likeness (QED) is 0.499. The van der Waals surface area contributed by atoms with Crippen LogP contribution in [0.2, 0.25) is 0 Å². The highest BCUT2D eigenvalue weighted by molar-refractivity contribution is 7.89. The van der Waals surface area contributed by atoms with Crippen LogP contribution in [0.15, 0.2) is 44.4 Å². The van der Waals surface area contributed by atoms with Crippen LogP contribution in [0.3, 0.4) is 0 Å². The van der Waals surface area contributed by atoms with Crippen molar-refractivity contribution in [3.05, 3.63) is 57.9 Å². The Morgan fingerprint density at radius 1 is 1.10 bits per heavy atom. The monoisotopic (exact) mass is 445 g/mol. The van der Waals surface area contributed by atoms with Crippen LogP contribution in [-0.2, 0) is 10.0 Å². The summed E-state index contributed by atoms with van der Waals surface area (Å²) >= 11 is 0. The van der Waals surface area contributed by atoms with Gasteiger partial charge in [0.1, 0.15) is 10.7 Å². The minimum absolute atomic E-state index is 0.0803. The number of carbonyl (C=O) groups excluding carboxylic acids is 2. The van der Waals surface area contributed by atoms with Crippen molar-refractivity contribution in [1.82, 2.24) is 25.4 Å². The molecule has 11 nitrogen and oxygen atoms in total. The van der Waals surface area contributed by atoms with Gasteiger partial charge in [0.2, 0.25) is 10.0 Å². The Balaban J connectivity index is 1.51. The molecule has 4 rings (SSSR count). The summed E-state index contributed by atoms with van der Waals surface area (Å²) in [6.45, 7) is 2.30. The van der Waals surface area contributed by atoms with Crippen molar-refractivity contribution < 1.29 is 22.4 Å². The summed E-state index contributed by atoms with van der Waals surface area (Å²) in [4.78, 5) is 36.6. The van der Waals surface area contributed by atoms with Gasteiger partial charge in [-0.2, -0.15) is 9.40 Å². The van der Waals surface area contributed by atoms with E-state index in [1.165, 1.54) is 11.2 Å². The van der Waals surface area contributed by atoms with Gasteiger partial charge in [0.15, 0.2) is 11.5 Å². The van der Waals surface area contributed by atoms with Crippen LogP contribution in [0.4, 0.5) is 0 Å². The lowest BCUT2D eigenvalue weighted by atomic mass is 10.1. The number of benzene rings is 1. The van der Waals surface area contributed by atoms with Gasteiger partial charge in [-0.3, -0.25) is 25.2 Å². The largest absolute Gasteiger partial charge is 0.455 e. The highest BCUT2D eigenvalue weighted by Crippen LogP contribution is 2.26. The molecule has 3 N–H and O–H groups in total. The van der Waals surface area contributed by atoms with Gasteiger partial charge < -0.3 is 4.42 Å². The minimum atomic E-state index is -3.76. The van der Waals surface area contributed by atoms with E-state index in [-0.39, 0.29) is 27.5 Å². The third-order valence-corrected chi connectivity index (χ3v) is 6.99. The number of hydrazine groups is 1. The topological polar surface area (TPSA) is 154 Å². The molecule has 0 bridgehead atoms. The van der Waals surface area contributed by atoms with Crippen molar-refractivity contribution in [2.75, 3.05) is 13.1 Å². The third kappa shape index (κ3) is 3.82. The number of aromatic nitrogens is 2. The van der Waals surface area contributed by atoms with Crippen molar-refractivity contribution in [1.29, 1.82) is 0 Å². The van der Waals surface area contributed by atoms with E-state index in [2.05, 4.69) is 21.0 Å². The predicted octanol–water partition coefficient (Wildman–Crippen LogP) is 0.684. The van der Waals surface area contributed by atoms with Gasteiger partial charge in [0, 0.05) is 24.5 Å². The first-order valence-electron chi connectivity index (χ1n) is 9.48. The van der Waals surface area contributed by atoms with E-state index in [0.717, 1.165) is 18.9 Å². The van der Waals surface area contributed by atoms with Crippen molar-refractivity contribution in [3.63, 3.8) is 0 Å². The van der Waals surface area contributed by atoms with Crippen LogP contribution in [0.5, 0.6) is 0 Å². The standard InChI is InChI=1S/C19H19N5O6S/c1-11-15(31(28,29)24-8-4-5-9-24)10-14(30-11)18(26)22-23-19(27)16-12-6-2-3-7-13(12)17(25)21-20-16/h2-3,6-7,10H,4-5,8-9H2,1H3,(H,21,25)(H,22,26)(H,23,27). The zero-order valence-electron chi connectivity index (χ0n) is 16.5. The molecule has 1 aromatic carbocycles. The average Bonchev–Trinajstić information content (AvgIpc) is 3.43. The van der Waals surface area contributed by atoms with Gasteiger partial charge in [-0.25, -0.2) is 13.5 Å². The molecule has 162 valence electrons. The SMILES string of the molecule is Cc1oc(C(=O)NNC(=O)c2n[nH]c(=O)c3ccccc23)cc1S(=O)(=O)N1CCCC1. The van der Waals surface area contributed by atoms with Crippen LogP contribution < -0.4 is 16.4 Å². The Morgan fingerprint density at radius 3 is 2.45 bits per heavy atom. The molecule has 0 atom stereocenters. The second kappa shape index (κ2) is 7.96. The van der Waals surface area contributed by atoms with Crippen molar-refractivity contribution in [3.8, 4) is 0 Å². The molecule has 1 aliphatic heterocycles. The second-order valence-corrected chi connectivity index (χ2v) is 8.90. The van der Waals surface area contributed by atoms with E-state index in [1.54, 1.807) is 24.3 Å². The smallest absolute Gasteiger partial charge is 0.305 e. The molecule has 2 aromatic heterocycles. The molecule has 0 radical (unpaired) electrons. The Labute approximate surface area is 176 Å². The number of aryl methyl sites for hydroxylation is 1. The molecule has 0 aliphatic carbocycles. The summed E-state index contributed by atoms with van der Waals surface area (Å²) in [5.74, 6) is -1.80. The zero-order chi connectivity index (χ0) is 22.2. The first-order valence-corrected chi connectivity index (χ1v) is 10.9. The molecule has 3 heterocycles. The van der Waals surface area contributed by atoms with E-state index in [9.17, 15) is 22.8 Å². The molecule has 1 aliphatic rings. The Hall–Kier alpha value is -3.51. The maximum absolute atomic E-state index is 12.7. The highest BCUT2D eigenvalue weighted by Gasteiger charge is 2.31. The van der Waals surface area contributed by atoms with Gasteiger partial charge in [0.25, 0.3) is 11.5 Å². The molecule has 0 spiro atoms. The average molecular weight is 445 g/mol. The number of furan rings is 1. The molecule has 3 aromatic rings. The highest BCUT2D eigenvalue weighted by atomic mass is 32.2. The lowest BCUT2D eigenvalue weighted by Gasteiger charge is -2.14. The summed E-state index contributed by atoms with van der Waals surface area (Å²) in [6.07, 6.45) is 1.56. The molecule has 31 heavy (non-hydrogen) atoms. The summed E-state index contributed by atoms with van der Waals surface area (Å²) in [5, 5.41) is 6.55. The fourth-order valence-corrected chi connectivity index (χ4v) is 5.10. The number of nitrogens with zero attached hydrogens (tertiary/aromatic N) is 2. The molecule has 1 saturated heterocycles. The van der Waals surface area contributed by atoms with Crippen molar-refractivity contribution in [2.45, 2.75) is 24.7 Å². The van der Waals surface area contributed by atoms with Gasteiger partial charge >= 0.3 is 5.91 Å². The fourth-order valence-electron chi connectivity index (χ4n) is 3.42. The Morgan fingerprint density at radius 2 is 1.74 bits per heavy atom. The number of H-pyrrole nitrogens is 1. The predicted molar refractivity (Wildman–Crippen MR) is 109 cm³/mol. The molecule has 1 fully saturated rings. The number of sulfonamides is 1. The van der Waals surface area contributed by atoms with Crippen molar-refractivity contribution >= 4 is 32.6 Å². The molecule has 2 amide bonds. The van der Waals surface area contributed by atoms with Crippen LogP contribution in [0.25, 0.3) is 10.8 Å². The van der Waals surface area contributed by atoms with Crippen LogP contribution >= 0.6 is 0 Å². The molecular formula is C19H19N5O6S. The summed E-state index contributed by atoms with van der Waals surface area (Å²) in [5.41, 5.74) is 3.81. The third-order valence-electron chi connectivity index (χ3n) is 4.98. The molecule has 0 saturated carbocycles. The van der Waals surface area contributed by atoms with E-state index in [0.29, 0.717) is 18.5 Å². The number of rotatable bonds is 4. The number of carbonyl (C=O) groups is 2. The van der Waals surface area contributed by atoms with Crippen LogP contribution in [0.1, 0.15) is 39.6 Å². The van der Waals surface area contributed by atoms with Gasteiger partial charge in [-0.15, -0.1) is 0 Å². The van der Waals surface area contributed by atoms with Gasteiger partial charge in [-0.05, 0) is 25.8 Å². The first kappa shape index (κ1) is 20.8. The van der Waals surface area contributed by atoms with E-state index in [1.807, 2.05) is 0 Å². The minimum Gasteiger partial charge on any atom is -0.455 e. The lowest BCUT2D eigenvalue weighted by molar-refractivity contribution is 0.0828. The lowest BCUT2D eigenvalue weighted by Crippen LogP contribution is -2.42. The number of nitrogens with one attached hydrogen (secondary N) is 3. The number of aromatic amines is 1. The molecule has 12 heteroatoms. The summed E-state index contributed by atoms with van der Waals surface area (Å²) < 4.78 is 32.1. The normalized spacial score (nSPS) is 14.6. The second-order valence-electron chi connectivity index (χ2n) is 7.00. The zero-order valence-corrected chi connectivity index (χ0v) is 17.3. The first-order chi connectivity index (χ1) is 14.8. The molecular weight excluding hydrogens is 426 g/mol. The fraction of sp³-hybridized carbons (Fsp3) is 0.263. The van der Waals surface area contributed by atoms with Gasteiger partial charge in [0.05, 0.1) is 5.39 Å². The van der Waals surface area contributed by atoms with Crippen LogP contribution in [0, 0.1) is 6.92 Å². The molecule has 0 unspecified atom stereocenters. The number of amides is 2. The Bertz CT molecular complexity index is 1340. The Kier molecular flexibility index (Phi) is 5.33. The van der Waals surface area contributed by atoms with E-state index >= 15 is 0 Å². The van der Waals surface area contributed by atoms with E-state index < -0.39 is 27.4 Å². The van der Waals surface area contributed by atoms with Crippen LogP contribution in [-0.4, -0.2) is 47.8 Å². The summed E-state index contributed by atoms with van der Waals surface area (Å²) in [7, 11) is -3.76. The van der Waals surface area contributed by atoms with Gasteiger partial charge in [-0.1, -0.05) is 18.2 Å². The number of hydrogen-bond donors (Lipinski definition) is 3. The van der Waals surface area contributed by atoms with E-state index in [4.69, 9.17) is 4.42 Å². The maximum atomic E-state index is 12.7. The number of fused-ring (bicyclic) bond motifs is 1. The maximum Gasteiger partial charge on any atom is 0.305 e. The summed E-state index contributed by atoms with van der Waals surface area (Å²) in [6, 6.07) is 7.53. The van der Waals surface area contributed by atoms with Crippen molar-refractivity contribution in [2.24, 2.45) is 0 Å². The number of hydrogen-bond acceptors (Lipinski definition) is 7.